The summed E-state index contributed by atoms with van der Waals surface area (Å²) in [4.78, 5) is 24.5. The number of rotatable bonds is 5. The van der Waals surface area contributed by atoms with E-state index in [9.17, 15) is 4.39 Å². The van der Waals surface area contributed by atoms with E-state index < -0.39 is 0 Å². The van der Waals surface area contributed by atoms with Gasteiger partial charge >= 0.3 is 0 Å². The first kappa shape index (κ1) is 23.6. The van der Waals surface area contributed by atoms with Crippen molar-refractivity contribution in [2.24, 2.45) is 0 Å². The minimum atomic E-state index is -0.290. The number of hydrogen-bond donors (Lipinski definition) is 2. The molecular weight excluding hydrogens is 491 g/mol. The lowest BCUT2D eigenvalue weighted by molar-refractivity contribution is 0.220. The fraction of sp³-hybridized carbons (Fsp3) is 0.233. The van der Waals surface area contributed by atoms with Gasteiger partial charge in [0, 0.05) is 36.3 Å². The van der Waals surface area contributed by atoms with Crippen molar-refractivity contribution in [2.45, 2.75) is 32.7 Å². The van der Waals surface area contributed by atoms with E-state index in [1.807, 2.05) is 37.5 Å². The first-order valence-corrected chi connectivity index (χ1v) is 13.2. The van der Waals surface area contributed by atoms with Gasteiger partial charge in [0.1, 0.15) is 11.3 Å². The van der Waals surface area contributed by atoms with Crippen molar-refractivity contribution < 1.29 is 4.39 Å². The summed E-state index contributed by atoms with van der Waals surface area (Å²) in [6.45, 7) is 5.05. The number of fused-ring (bicyclic) bond motifs is 2. The molecule has 0 spiro atoms. The summed E-state index contributed by atoms with van der Waals surface area (Å²) in [5.74, 6) is 0.280. The number of halogens is 1. The Balaban J connectivity index is 1.26. The molecule has 1 aromatic carbocycles. The van der Waals surface area contributed by atoms with Gasteiger partial charge in [-0.3, -0.25) is 20.0 Å². The molecule has 7 rings (SSSR count). The number of aryl methyl sites for hydroxylation is 1. The second-order valence-corrected chi connectivity index (χ2v) is 10.3. The molecule has 0 amide bonds. The molecule has 8 nitrogen and oxygen atoms in total. The van der Waals surface area contributed by atoms with Gasteiger partial charge in [0.25, 0.3) is 0 Å². The molecule has 1 fully saturated rings. The van der Waals surface area contributed by atoms with E-state index in [-0.39, 0.29) is 5.82 Å². The van der Waals surface area contributed by atoms with Crippen LogP contribution in [0, 0.1) is 12.7 Å². The van der Waals surface area contributed by atoms with Crippen LogP contribution in [-0.2, 0) is 6.54 Å². The number of hydrogen-bond acceptors (Lipinski definition) is 6. The maximum absolute atomic E-state index is 14.2. The number of piperidine rings is 1. The SMILES string of the molecule is Cc1cc(F)cc(-c2cncc3[nH]c(-c4n[nH]c5ccc(-c6cncc(CN7CCCCC7)c6)nc45)nc23)c1. The van der Waals surface area contributed by atoms with Crippen molar-refractivity contribution in [3.63, 3.8) is 0 Å². The van der Waals surface area contributed by atoms with Crippen LogP contribution >= 0.6 is 0 Å². The van der Waals surface area contributed by atoms with Gasteiger partial charge in [0.2, 0.25) is 0 Å². The molecule has 6 heterocycles. The highest BCUT2D eigenvalue weighted by molar-refractivity contribution is 5.95. The summed E-state index contributed by atoms with van der Waals surface area (Å²) in [5, 5.41) is 7.61. The molecule has 1 aliphatic heterocycles. The number of nitrogens with zero attached hydrogens (tertiary/aromatic N) is 6. The number of H-pyrrole nitrogens is 2. The van der Waals surface area contributed by atoms with Crippen molar-refractivity contribution in [1.29, 1.82) is 0 Å². The molecule has 0 unspecified atom stereocenters. The fourth-order valence-electron chi connectivity index (χ4n) is 5.46. The van der Waals surface area contributed by atoms with Crippen LogP contribution < -0.4 is 0 Å². The smallest absolute Gasteiger partial charge is 0.161 e. The number of likely N-dealkylation sites (tertiary alicyclic amines) is 1. The van der Waals surface area contributed by atoms with Crippen LogP contribution in [0.4, 0.5) is 4.39 Å². The molecule has 9 heteroatoms. The Morgan fingerprint density at radius 2 is 1.72 bits per heavy atom. The van der Waals surface area contributed by atoms with Gasteiger partial charge in [-0.2, -0.15) is 5.10 Å². The molecule has 0 atom stereocenters. The molecule has 1 saturated heterocycles. The number of nitrogens with one attached hydrogen (secondary N) is 2. The quantitative estimate of drug-likeness (QED) is 0.288. The third-order valence-electron chi connectivity index (χ3n) is 7.32. The van der Waals surface area contributed by atoms with E-state index in [4.69, 9.17) is 9.97 Å². The van der Waals surface area contributed by atoms with Gasteiger partial charge in [-0.15, -0.1) is 0 Å². The third-order valence-corrected chi connectivity index (χ3v) is 7.32. The normalized spacial score (nSPS) is 14.4. The van der Waals surface area contributed by atoms with Crippen molar-refractivity contribution in [2.75, 3.05) is 13.1 Å². The Morgan fingerprint density at radius 1 is 0.846 bits per heavy atom. The van der Waals surface area contributed by atoms with Crippen LogP contribution in [0.15, 0.2) is 61.2 Å². The Hall–Kier alpha value is -4.50. The van der Waals surface area contributed by atoms with Gasteiger partial charge in [0.05, 0.1) is 28.4 Å². The Morgan fingerprint density at radius 3 is 2.59 bits per heavy atom. The Labute approximate surface area is 224 Å². The van der Waals surface area contributed by atoms with Crippen LogP contribution in [0.1, 0.15) is 30.4 Å². The molecule has 0 bridgehead atoms. The minimum absolute atomic E-state index is 0.290. The number of aromatic amines is 2. The second kappa shape index (κ2) is 9.67. The minimum Gasteiger partial charge on any atom is -0.335 e. The fourth-order valence-corrected chi connectivity index (χ4v) is 5.46. The Kier molecular flexibility index (Phi) is 5.85. The van der Waals surface area contributed by atoms with Crippen LogP contribution in [0.2, 0.25) is 0 Å². The summed E-state index contributed by atoms with van der Waals surface area (Å²) in [5.41, 5.74) is 8.88. The van der Waals surface area contributed by atoms with E-state index in [0.29, 0.717) is 22.6 Å². The summed E-state index contributed by atoms with van der Waals surface area (Å²) < 4.78 is 14.2. The summed E-state index contributed by atoms with van der Waals surface area (Å²) >= 11 is 0. The molecule has 194 valence electrons. The highest BCUT2D eigenvalue weighted by Gasteiger charge is 2.18. The lowest BCUT2D eigenvalue weighted by Gasteiger charge is -2.26. The van der Waals surface area contributed by atoms with Crippen LogP contribution in [0.25, 0.3) is 56.0 Å². The van der Waals surface area contributed by atoms with Gasteiger partial charge in [-0.1, -0.05) is 12.5 Å². The number of benzene rings is 1. The number of imidazole rings is 1. The third kappa shape index (κ3) is 4.55. The highest BCUT2D eigenvalue weighted by Crippen LogP contribution is 2.32. The van der Waals surface area contributed by atoms with Crippen molar-refractivity contribution in [3.8, 4) is 33.9 Å². The molecule has 0 aliphatic carbocycles. The van der Waals surface area contributed by atoms with E-state index in [2.05, 4.69) is 36.1 Å². The first-order chi connectivity index (χ1) is 19.1. The van der Waals surface area contributed by atoms with Crippen molar-refractivity contribution in [1.82, 2.24) is 40.0 Å². The average Bonchev–Trinajstić information content (AvgIpc) is 3.57. The molecule has 6 aromatic rings. The first-order valence-electron chi connectivity index (χ1n) is 13.2. The summed E-state index contributed by atoms with van der Waals surface area (Å²) in [6.07, 6.45) is 11.1. The molecule has 39 heavy (non-hydrogen) atoms. The van der Waals surface area contributed by atoms with Crippen LogP contribution in [-0.4, -0.2) is 53.1 Å². The molecule has 0 radical (unpaired) electrons. The molecular formula is C30H27FN8. The van der Waals surface area contributed by atoms with Gasteiger partial charge in [0.15, 0.2) is 11.5 Å². The van der Waals surface area contributed by atoms with E-state index >= 15 is 0 Å². The van der Waals surface area contributed by atoms with Crippen molar-refractivity contribution in [3.05, 3.63) is 78.1 Å². The number of aromatic nitrogens is 7. The molecule has 1 aliphatic rings. The van der Waals surface area contributed by atoms with Crippen molar-refractivity contribution >= 4 is 22.1 Å². The lowest BCUT2D eigenvalue weighted by atomic mass is 10.0. The van der Waals surface area contributed by atoms with Crippen LogP contribution in [0.3, 0.4) is 0 Å². The zero-order chi connectivity index (χ0) is 26.3. The predicted molar refractivity (Wildman–Crippen MR) is 149 cm³/mol. The highest BCUT2D eigenvalue weighted by atomic mass is 19.1. The average molecular weight is 519 g/mol. The van der Waals surface area contributed by atoms with Gasteiger partial charge in [-0.25, -0.2) is 14.4 Å². The van der Waals surface area contributed by atoms with E-state index in [1.165, 1.54) is 37.0 Å². The summed E-state index contributed by atoms with van der Waals surface area (Å²) in [6, 6.07) is 11.1. The molecule has 5 aromatic heterocycles. The van der Waals surface area contributed by atoms with Crippen LogP contribution in [0.5, 0.6) is 0 Å². The van der Waals surface area contributed by atoms with Gasteiger partial charge < -0.3 is 4.98 Å². The van der Waals surface area contributed by atoms with E-state index in [0.717, 1.165) is 58.6 Å². The molecule has 0 saturated carbocycles. The summed E-state index contributed by atoms with van der Waals surface area (Å²) in [7, 11) is 0. The zero-order valence-electron chi connectivity index (χ0n) is 21.6. The molecule has 2 N–H and O–H groups in total. The zero-order valence-corrected chi connectivity index (χ0v) is 21.6. The maximum atomic E-state index is 14.2. The topological polar surface area (TPSA) is 99.3 Å². The van der Waals surface area contributed by atoms with E-state index in [1.54, 1.807) is 12.4 Å². The van der Waals surface area contributed by atoms with Gasteiger partial charge in [-0.05, 0) is 79.9 Å². The largest absolute Gasteiger partial charge is 0.335 e. The monoisotopic (exact) mass is 518 g/mol. The standard InChI is InChI=1S/C30H27FN8/c1-18-9-20(12-22(31)10-18)23-15-33-16-26-27(23)36-30(35-26)29-28-25(37-38-29)6-5-24(34-28)21-11-19(13-32-14-21)17-39-7-3-2-4-8-39/h5-6,9-16H,2-4,7-8,17H2,1H3,(H,35,36)(H,37,38). The maximum Gasteiger partial charge on any atom is 0.161 e. The number of pyridine rings is 3. The second-order valence-electron chi connectivity index (χ2n) is 10.3. The lowest BCUT2D eigenvalue weighted by Crippen LogP contribution is -2.29. The predicted octanol–water partition coefficient (Wildman–Crippen LogP) is 6.06. The Bertz CT molecular complexity index is 1800.